The van der Waals surface area contributed by atoms with Crippen molar-refractivity contribution < 1.29 is 14.3 Å². The molecule has 1 rings (SSSR count). The topological polar surface area (TPSA) is 43.4 Å². The lowest BCUT2D eigenvalue weighted by Gasteiger charge is -2.01. The predicted octanol–water partition coefficient (Wildman–Crippen LogP) is 1.79. The van der Waals surface area contributed by atoms with Crippen molar-refractivity contribution in [1.82, 2.24) is 0 Å². The Morgan fingerprint density at radius 2 is 2.27 bits per heavy atom. The predicted molar refractivity (Wildman–Crippen MR) is 58.4 cm³/mol. The van der Waals surface area contributed by atoms with Crippen molar-refractivity contribution in [1.29, 1.82) is 0 Å². The van der Waals surface area contributed by atoms with Gasteiger partial charge in [0.15, 0.2) is 6.29 Å². The van der Waals surface area contributed by atoms with Gasteiger partial charge in [0.25, 0.3) is 0 Å². The number of aldehydes is 1. The van der Waals surface area contributed by atoms with E-state index in [-0.39, 0.29) is 0 Å². The highest BCUT2D eigenvalue weighted by Crippen LogP contribution is 2.18. The molecule has 0 heterocycles. The first-order valence-corrected chi connectivity index (χ1v) is 4.81. The zero-order chi connectivity index (χ0) is 11.3. The molecule has 1 aromatic rings. The fraction of sp³-hybridized carbons (Fsp3) is 0.0909. The first-order valence-electron chi connectivity index (χ1n) is 4.02. The number of rotatable bonds is 1. The third-order valence-electron chi connectivity index (χ3n) is 1.66. The number of hydrogen-bond acceptors (Lipinski definition) is 3. The summed E-state index contributed by atoms with van der Waals surface area (Å²) in [5.41, 5.74) is 1.08. The Kier molecular flexibility index (Phi) is 4.07. The third kappa shape index (κ3) is 2.93. The van der Waals surface area contributed by atoms with E-state index in [1.165, 1.54) is 7.11 Å². The standard InChI is InChI=1S/C11H7BrO3/c1-15-11(14)9-5-4-8(3-2-6-13)10(12)7-9/h4-7H,1H3. The molecule has 3 nitrogen and oxygen atoms in total. The zero-order valence-electron chi connectivity index (χ0n) is 7.91. The van der Waals surface area contributed by atoms with Crippen molar-refractivity contribution >= 4 is 28.2 Å². The second kappa shape index (κ2) is 5.32. The van der Waals surface area contributed by atoms with Gasteiger partial charge in [-0.3, -0.25) is 4.79 Å². The summed E-state index contributed by atoms with van der Waals surface area (Å²) < 4.78 is 5.21. The molecule has 0 amide bonds. The van der Waals surface area contributed by atoms with Gasteiger partial charge in [-0.25, -0.2) is 4.79 Å². The van der Waals surface area contributed by atoms with Crippen LogP contribution >= 0.6 is 15.9 Å². The molecule has 0 atom stereocenters. The van der Waals surface area contributed by atoms with Gasteiger partial charge >= 0.3 is 5.97 Å². The van der Waals surface area contributed by atoms with E-state index in [2.05, 4.69) is 32.5 Å². The average Bonchev–Trinajstić information content (AvgIpc) is 2.26. The van der Waals surface area contributed by atoms with Gasteiger partial charge in [-0.05, 0) is 40.0 Å². The van der Waals surface area contributed by atoms with E-state index in [1.807, 2.05) is 0 Å². The van der Waals surface area contributed by atoms with Crippen LogP contribution in [0, 0.1) is 11.8 Å². The summed E-state index contributed by atoms with van der Waals surface area (Å²) in [6.07, 6.45) is 0.515. The Bertz CT molecular complexity index is 455. The minimum atomic E-state index is -0.411. The molecular formula is C11H7BrO3. The maximum Gasteiger partial charge on any atom is 0.337 e. The molecule has 0 aromatic heterocycles. The second-order valence-electron chi connectivity index (χ2n) is 2.57. The number of ether oxygens (including phenoxy) is 1. The van der Waals surface area contributed by atoms with Gasteiger partial charge in [0.1, 0.15) is 0 Å². The highest BCUT2D eigenvalue weighted by molar-refractivity contribution is 9.10. The number of esters is 1. The van der Waals surface area contributed by atoms with E-state index in [4.69, 9.17) is 0 Å². The number of carbonyl (C=O) groups excluding carboxylic acids is 2. The summed E-state index contributed by atoms with van der Waals surface area (Å²) in [4.78, 5) is 21.2. The van der Waals surface area contributed by atoms with Gasteiger partial charge in [0.05, 0.1) is 12.7 Å². The van der Waals surface area contributed by atoms with Crippen LogP contribution in [0.25, 0.3) is 0 Å². The minimum Gasteiger partial charge on any atom is -0.465 e. The van der Waals surface area contributed by atoms with Gasteiger partial charge in [0.2, 0.25) is 0 Å². The Hall–Kier alpha value is -1.60. The summed E-state index contributed by atoms with van der Waals surface area (Å²) in [7, 11) is 1.32. The van der Waals surface area contributed by atoms with Crippen LogP contribution in [0.2, 0.25) is 0 Å². The largest absolute Gasteiger partial charge is 0.465 e. The quantitative estimate of drug-likeness (QED) is 0.442. The van der Waals surface area contributed by atoms with Crippen LogP contribution < -0.4 is 0 Å². The van der Waals surface area contributed by atoms with Crippen LogP contribution in [0.1, 0.15) is 15.9 Å². The summed E-state index contributed by atoms with van der Waals surface area (Å²) in [6, 6.07) is 4.83. The van der Waals surface area contributed by atoms with Crippen LogP contribution in [0.5, 0.6) is 0 Å². The molecule has 0 aliphatic heterocycles. The first kappa shape index (κ1) is 11.5. The Labute approximate surface area is 95.6 Å². The van der Waals surface area contributed by atoms with Gasteiger partial charge in [-0.1, -0.05) is 5.92 Å². The number of halogens is 1. The van der Waals surface area contributed by atoms with Crippen molar-refractivity contribution in [2.45, 2.75) is 0 Å². The summed E-state index contributed by atoms with van der Waals surface area (Å²) in [5.74, 6) is 4.51. The second-order valence-corrected chi connectivity index (χ2v) is 3.43. The maximum atomic E-state index is 11.2. The normalized spacial score (nSPS) is 8.67. The molecule has 1 aromatic carbocycles. The van der Waals surface area contributed by atoms with Crippen molar-refractivity contribution in [2.24, 2.45) is 0 Å². The molecule has 0 spiro atoms. The van der Waals surface area contributed by atoms with E-state index in [1.54, 1.807) is 18.2 Å². The van der Waals surface area contributed by atoms with E-state index in [0.29, 0.717) is 21.9 Å². The lowest BCUT2D eigenvalue weighted by Crippen LogP contribution is -2.01. The van der Waals surface area contributed by atoms with E-state index >= 15 is 0 Å². The SMILES string of the molecule is COC(=O)c1ccc(C#CC=O)c(Br)c1. The van der Waals surface area contributed by atoms with Crippen LogP contribution in [0.4, 0.5) is 0 Å². The van der Waals surface area contributed by atoms with Gasteiger partial charge in [-0.2, -0.15) is 0 Å². The maximum absolute atomic E-state index is 11.2. The van der Waals surface area contributed by atoms with E-state index in [0.717, 1.165) is 0 Å². The Morgan fingerprint density at radius 3 is 2.80 bits per heavy atom. The van der Waals surface area contributed by atoms with Crippen LogP contribution in [-0.2, 0) is 9.53 Å². The number of methoxy groups -OCH3 is 1. The highest BCUT2D eigenvalue weighted by Gasteiger charge is 2.06. The minimum absolute atomic E-state index is 0.411. The van der Waals surface area contributed by atoms with E-state index in [9.17, 15) is 9.59 Å². The number of hydrogen-bond donors (Lipinski definition) is 0. The molecule has 0 radical (unpaired) electrons. The average molecular weight is 267 g/mol. The summed E-state index contributed by atoms with van der Waals surface area (Å²) >= 11 is 3.25. The van der Waals surface area contributed by atoms with Crippen LogP contribution in [0.3, 0.4) is 0 Å². The Morgan fingerprint density at radius 1 is 1.53 bits per heavy atom. The van der Waals surface area contributed by atoms with E-state index < -0.39 is 5.97 Å². The van der Waals surface area contributed by atoms with Crippen molar-refractivity contribution in [3.05, 3.63) is 33.8 Å². The van der Waals surface area contributed by atoms with Gasteiger partial charge in [-0.15, -0.1) is 0 Å². The molecule has 0 saturated carbocycles. The molecule has 0 N–H and O–H groups in total. The van der Waals surface area contributed by atoms with Crippen LogP contribution in [-0.4, -0.2) is 19.4 Å². The molecule has 0 aliphatic rings. The molecular weight excluding hydrogens is 260 g/mol. The zero-order valence-corrected chi connectivity index (χ0v) is 9.50. The molecule has 0 unspecified atom stereocenters. The van der Waals surface area contributed by atoms with Crippen molar-refractivity contribution in [3.8, 4) is 11.8 Å². The fourth-order valence-corrected chi connectivity index (χ4v) is 1.45. The lowest BCUT2D eigenvalue weighted by atomic mass is 10.1. The number of carbonyl (C=O) groups is 2. The molecule has 4 heteroatoms. The smallest absolute Gasteiger partial charge is 0.337 e. The monoisotopic (exact) mass is 266 g/mol. The molecule has 76 valence electrons. The Balaban J connectivity index is 3.08. The third-order valence-corrected chi connectivity index (χ3v) is 2.31. The van der Waals surface area contributed by atoms with Crippen LogP contribution in [0.15, 0.2) is 22.7 Å². The molecule has 0 saturated heterocycles. The first-order chi connectivity index (χ1) is 7.19. The lowest BCUT2D eigenvalue weighted by molar-refractivity contribution is -0.103. The summed E-state index contributed by atoms with van der Waals surface area (Å²) in [5, 5.41) is 0. The van der Waals surface area contributed by atoms with Crippen molar-refractivity contribution in [2.75, 3.05) is 7.11 Å². The molecule has 0 fully saturated rings. The number of benzene rings is 1. The van der Waals surface area contributed by atoms with Gasteiger partial charge < -0.3 is 4.74 Å². The summed E-state index contributed by atoms with van der Waals surface area (Å²) in [6.45, 7) is 0. The molecule has 15 heavy (non-hydrogen) atoms. The van der Waals surface area contributed by atoms with Gasteiger partial charge in [0, 0.05) is 10.0 Å². The molecule has 0 bridgehead atoms. The fourth-order valence-electron chi connectivity index (χ4n) is 0.969. The highest BCUT2D eigenvalue weighted by atomic mass is 79.9. The van der Waals surface area contributed by atoms with Crippen molar-refractivity contribution in [3.63, 3.8) is 0 Å². The molecule has 0 aliphatic carbocycles.